The van der Waals surface area contributed by atoms with Crippen LogP contribution in [0.5, 0.6) is 0 Å². The highest BCUT2D eigenvalue weighted by atomic mass is 79.9. The van der Waals surface area contributed by atoms with Crippen LogP contribution in [0.15, 0.2) is 27.6 Å². The largest absolute Gasteiger partial charge is 0.244 e. The van der Waals surface area contributed by atoms with Gasteiger partial charge in [0.05, 0.1) is 4.90 Å². The predicted octanol–water partition coefficient (Wildman–Crippen LogP) is 3.18. The average molecular weight is 332 g/mol. The van der Waals surface area contributed by atoms with Crippen molar-refractivity contribution in [3.63, 3.8) is 0 Å². The van der Waals surface area contributed by atoms with Crippen molar-refractivity contribution in [1.29, 1.82) is 0 Å². The SMILES string of the molecule is Cc1ccc(S(=O)(=O)N2CCC(C)(C)C2)c(Br)c1. The second-order valence-corrected chi connectivity index (χ2v) is 8.45. The summed E-state index contributed by atoms with van der Waals surface area (Å²) in [6, 6.07) is 5.35. The minimum atomic E-state index is -3.37. The van der Waals surface area contributed by atoms with Gasteiger partial charge in [-0.3, -0.25) is 0 Å². The van der Waals surface area contributed by atoms with Gasteiger partial charge in [0.2, 0.25) is 10.0 Å². The molecule has 18 heavy (non-hydrogen) atoms. The van der Waals surface area contributed by atoms with Gasteiger partial charge in [-0.05, 0) is 52.4 Å². The standard InChI is InChI=1S/C13H18BrNO2S/c1-10-4-5-12(11(14)8-10)18(16,17)15-7-6-13(2,3)9-15/h4-5,8H,6-7,9H2,1-3H3. The second-order valence-electron chi connectivity index (χ2n) is 5.69. The molecule has 0 saturated carbocycles. The van der Waals surface area contributed by atoms with E-state index in [-0.39, 0.29) is 5.41 Å². The maximum absolute atomic E-state index is 12.6. The number of sulfonamides is 1. The molecule has 1 aliphatic heterocycles. The van der Waals surface area contributed by atoms with Crippen LogP contribution in [0.4, 0.5) is 0 Å². The number of benzene rings is 1. The molecule has 0 radical (unpaired) electrons. The zero-order chi connectivity index (χ0) is 13.6. The molecular formula is C13H18BrNO2S. The third-order valence-corrected chi connectivity index (χ3v) is 6.17. The van der Waals surface area contributed by atoms with Gasteiger partial charge >= 0.3 is 0 Å². The molecule has 5 heteroatoms. The van der Waals surface area contributed by atoms with Crippen molar-refractivity contribution in [2.45, 2.75) is 32.1 Å². The summed E-state index contributed by atoms with van der Waals surface area (Å²) in [5, 5.41) is 0. The molecule has 1 saturated heterocycles. The van der Waals surface area contributed by atoms with E-state index in [2.05, 4.69) is 29.8 Å². The van der Waals surface area contributed by atoms with Crippen molar-refractivity contribution in [3.8, 4) is 0 Å². The van der Waals surface area contributed by atoms with Crippen LogP contribution in [0.25, 0.3) is 0 Å². The van der Waals surface area contributed by atoms with Crippen LogP contribution in [-0.4, -0.2) is 25.8 Å². The first-order valence-corrected chi connectivity index (χ1v) is 8.22. The van der Waals surface area contributed by atoms with Gasteiger partial charge < -0.3 is 0 Å². The molecular weight excluding hydrogens is 314 g/mol. The Labute approximate surface area is 117 Å². The highest BCUT2D eigenvalue weighted by Crippen LogP contribution is 2.34. The Morgan fingerprint density at radius 2 is 2.00 bits per heavy atom. The molecule has 0 N–H and O–H groups in total. The van der Waals surface area contributed by atoms with Gasteiger partial charge in [0.1, 0.15) is 0 Å². The molecule has 0 atom stereocenters. The lowest BCUT2D eigenvalue weighted by atomic mass is 9.93. The molecule has 0 unspecified atom stereocenters. The molecule has 1 aromatic carbocycles. The number of rotatable bonds is 2. The first-order chi connectivity index (χ1) is 8.22. The van der Waals surface area contributed by atoms with Crippen LogP contribution in [0.1, 0.15) is 25.8 Å². The summed E-state index contributed by atoms with van der Waals surface area (Å²) < 4.78 is 27.3. The molecule has 0 spiro atoms. The van der Waals surface area contributed by atoms with Gasteiger partial charge in [0, 0.05) is 17.6 Å². The maximum Gasteiger partial charge on any atom is 0.244 e. The number of halogens is 1. The summed E-state index contributed by atoms with van der Waals surface area (Å²) in [4.78, 5) is 0.366. The van der Waals surface area contributed by atoms with Crippen molar-refractivity contribution < 1.29 is 8.42 Å². The Morgan fingerprint density at radius 1 is 1.33 bits per heavy atom. The van der Waals surface area contributed by atoms with Crippen LogP contribution in [0, 0.1) is 12.3 Å². The summed E-state index contributed by atoms with van der Waals surface area (Å²) in [7, 11) is -3.37. The van der Waals surface area contributed by atoms with E-state index < -0.39 is 10.0 Å². The van der Waals surface area contributed by atoms with E-state index in [4.69, 9.17) is 0 Å². The van der Waals surface area contributed by atoms with Gasteiger partial charge in [-0.2, -0.15) is 4.31 Å². The van der Waals surface area contributed by atoms with Crippen LogP contribution in [0.3, 0.4) is 0 Å². The Bertz CT molecular complexity index is 566. The van der Waals surface area contributed by atoms with Crippen molar-refractivity contribution in [3.05, 3.63) is 28.2 Å². The third-order valence-electron chi connectivity index (χ3n) is 3.35. The molecule has 0 bridgehead atoms. The van der Waals surface area contributed by atoms with Crippen molar-refractivity contribution in [2.24, 2.45) is 5.41 Å². The summed E-state index contributed by atoms with van der Waals surface area (Å²) in [6.07, 6.45) is 0.912. The zero-order valence-electron chi connectivity index (χ0n) is 10.9. The lowest BCUT2D eigenvalue weighted by Crippen LogP contribution is -2.30. The number of aryl methyl sites for hydroxylation is 1. The van der Waals surface area contributed by atoms with Gasteiger partial charge in [-0.15, -0.1) is 0 Å². The maximum atomic E-state index is 12.6. The molecule has 0 aliphatic carbocycles. The van der Waals surface area contributed by atoms with Crippen molar-refractivity contribution in [1.82, 2.24) is 4.31 Å². The monoisotopic (exact) mass is 331 g/mol. The van der Waals surface area contributed by atoms with Gasteiger partial charge in [-0.1, -0.05) is 19.9 Å². The Hall–Kier alpha value is -0.390. The smallest absolute Gasteiger partial charge is 0.207 e. The van der Waals surface area contributed by atoms with E-state index in [1.54, 1.807) is 10.4 Å². The predicted molar refractivity (Wildman–Crippen MR) is 76.0 cm³/mol. The average Bonchev–Trinajstić information content (AvgIpc) is 2.58. The molecule has 0 amide bonds. The number of hydrogen-bond donors (Lipinski definition) is 0. The number of nitrogens with zero attached hydrogens (tertiary/aromatic N) is 1. The highest BCUT2D eigenvalue weighted by Gasteiger charge is 2.37. The fourth-order valence-corrected chi connectivity index (χ4v) is 5.00. The molecule has 1 fully saturated rings. The van der Waals surface area contributed by atoms with Crippen LogP contribution in [-0.2, 0) is 10.0 Å². The van der Waals surface area contributed by atoms with E-state index in [1.807, 2.05) is 19.1 Å². The fourth-order valence-electron chi connectivity index (χ4n) is 2.22. The van der Waals surface area contributed by atoms with E-state index in [1.165, 1.54) is 0 Å². The number of hydrogen-bond acceptors (Lipinski definition) is 2. The Morgan fingerprint density at radius 3 is 2.50 bits per heavy atom. The molecule has 100 valence electrons. The van der Waals surface area contributed by atoms with Crippen LogP contribution < -0.4 is 0 Å². The fraction of sp³-hybridized carbons (Fsp3) is 0.538. The molecule has 0 aromatic heterocycles. The quantitative estimate of drug-likeness (QED) is 0.834. The molecule has 1 aliphatic rings. The summed E-state index contributed by atoms with van der Waals surface area (Å²) in [5.41, 5.74) is 1.12. The van der Waals surface area contributed by atoms with Crippen molar-refractivity contribution >= 4 is 26.0 Å². The Kier molecular flexibility index (Phi) is 3.60. The first kappa shape index (κ1) is 14.0. The lowest BCUT2D eigenvalue weighted by molar-refractivity contribution is 0.375. The van der Waals surface area contributed by atoms with E-state index in [0.717, 1.165) is 12.0 Å². The molecule has 1 heterocycles. The first-order valence-electron chi connectivity index (χ1n) is 5.99. The van der Waals surface area contributed by atoms with E-state index >= 15 is 0 Å². The Balaban J connectivity index is 2.38. The topological polar surface area (TPSA) is 37.4 Å². The second kappa shape index (κ2) is 4.62. The van der Waals surface area contributed by atoms with Gasteiger partial charge in [0.15, 0.2) is 0 Å². The van der Waals surface area contributed by atoms with Crippen LogP contribution >= 0.6 is 15.9 Å². The zero-order valence-corrected chi connectivity index (χ0v) is 13.3. The van der Waals surface area contributed by atoms with E-state index in [0.29, 0.717) is 22.5 Å². The molecule has 2 rings (SSSR count). The van der Waals surface area contributed by atoms with Gasteiger partial charge in [-0.25, -0.2) is 8.42 Å². The minimum absolute atomic E-state index is 0.0737. The van der Waals surface area contributed by atoms with Gasteiger partial charge in [0.25, 0.3) is 0 Å². The highest BCUT2D eigenvalue weighted by molar-refractivity contribution is 9.10. The van der Waals surface area contributed by atoms with Crippen molar-refractivity contribution in [2.75, 3.05) is 13.1 Å². The van der Waals surface area contributed by atoms with Crippen LogP contribution in [0.2, 0.25) is 0 Å². The summed E-state index contributed by atoms with van der Waals surface area (Å²) >= 11 is 3.35. The third kappa shape index (κ3) is 2.63. The van der Waals surface area contributed by atoms with E-state index in [9.17, 15) is 8.42 Å². The molecule has 3 nitrogen and oxygen atoms in total. The summed E-state index contributed by atoms with van der Waals surface area (Å²) in [6.45, 7) is 7.35. The molecule has 1 aromatic rings. The normalized spacial score (nSPS) is 20.2. The minimum Gasteiger partial charge on any atom is -0.207 e. The summed E-state index contributed by atoms with van der Waals surface area (Å²) in [5.74, 6) is 0. The lowest BCUT2D eigenvalue weighted by Gasteiger charge is -2.20.